The highest BCUT2D eigenvalue weighted by Gasteiger charge is 2.26. The van der Waals surface area contributed by atoms with Crippen molar-refractivity contribution in [2.75, 3.05) is 33.4 Å². The van der Waals surface area contributed by atoms with Gasteiger partial charge in [-0.3, -0.25) is 0 Å². The zero-order chi connectivity index (χ0) is 17.2. The normalized spacial score (nSPS) is 18.3. The van der Waals surface area contributed by atoms with Crippen LogP contribution in [0.3, 0.4) is 0 Å². The van der Waals surface area contributed by atoms with E-state index in [1.54, 1.807) is 0 Å². The van der Waals surface area contributed by atoms with Crippen molar-refractivity contribution in [3.63, 3.8) is 0 Å². The Morgan fingerprint density at radius 1 is 1.26 bits per heavy atom. The summed E-state index contributed by atoms with van der Waals surface area (Å²) in [7, 11) is 1.81. The van der Waals surface area contributed by atoms with Gasteiger partial charge in [-0.05, 0) is 58.2 Å². The van der Waals surface area contributed by atoms with Crippen LogP contribution >= 0.6 is 0 Å². The van der Waals surface area contributed by atoms with Crippen LogP contribution in [0, 0.1) is 0 Å². The molecule has 1 unspecified atom stereocenters. The third-order valence-electron chi connectivity index (χ3n) is 4.78. The van der Waals surface area contributed by atoms with E-state index >= 15 is 0 Å². The van der Waals surface area contributed by atoms with Gasteiger partial charge < -0.3 is 19.3 Å². The fraction of sp³-hybridized carbons (Fsp3) is 0.789. The Kier molecular flexibility index (Phi) is 9.34. The van der Waals surface area contributed by atoms with Crippen LogP contribution in [0.15, 0.2) is 24.2 Å². The van der Waals surface area contributed by atoms with Crippen molar-refractivity contribution >= 4 is 0 Å². The third-order valence-corrected chi connectivity index (χ3v) is 4.78. The Bertz CT molecular complexity index is 372. The molecular weight excluding hydrogens is 288 g/mol. The lowest BCUT2D eigenvalue weighted by atomic mass is 10.0. The van der Waals surface area contributed by atoms with E-state index in [4.69, 9.17) is 9.47 Å². The van der Waals surface area contributed by atoms with E-state index in [0.29, 0.717) is 6.04 Å². The molecule has 4 nitrogen and oxygen atoms in total. The summed E-state index contributed by atoms with van der Waals surface area (Å²) in [4.78, 5) is 4.82. The van der Waals surface area contributed by atoms with Gasteiger partial charge in [-0.2, -0.15) is 0 Å². The second-order valence-corrected chi connectivity index (χ2v) is 6.17. The zero-order valence-electron chi connectivity index (χ0n) is 15.8. The monoisotopic (exact) mass is 324 g/mol. The first-order chi connectivity index (χ1) is 11.1. The molecule has 0 saturated carbocycles. The van der Waals surface area contributed by atoms with Crippen molar-refractivity contribution in [2.45, 2.75) is 65.5 Å². The van der Waals surface area contributed by atoms with Crippen molar-refractivity contribution in [1.29, 1.82) is 0 Å². The lowest BCUT2D eigenvalue weighted by Crippen LogP contribution is -2.43. The standard InChI is InChI=1S/C19H36N2O2/c1-7-18(22-6)15-16(5)19(20(8-2)9-3)21(10-4)17-11-13-23-14-12-17/h8,17-18H,2,7,9-15H2,1,3-6H3/b19-16+. The minimum absolute atomic E-state index is 0.280. The van der Waals surface area contributed by atoms with Gasteiger partial charge in [0.15, 0.2) is 0 Å². The molecule has 1 aliphatic rings. The molecule has 1 fully saturated rings. The van der Waals surface area contributed by atoms with Crippen molar-refractivity contribution in [3.8, 4) is 0 Å². The van der Waals surface area contributed by atoms with Crippen molar-refractivity contribution in [2.24, 2.45) is 0 Å². The number of hydrogen-bond acceptors (Lipinski definition) is 4. The minimum Gasteiger partial charge on any atom is -0.381 e. The first kappa shape index (κ1) is 20.0. The molecule has 1 heterocycles. The molecule has 0 radical (unpaired) electrons. The van der Waals surface area contributed by atoms with Gasteiger partial charge in [0.2, 0.25) is 0 Å². The first-order valence-corrected chi connectivity index (χ1v) is 9.08. The highest BCUT2D eigenvalue weighted by atomic mass is 16.5. The molecule has 23 heavy (non-hydrogen) atoms. The lowest BCUT2D eigenvalue weighted by molar-refractivity contribution is 0.0378. The minimum atomic E-state index is 0.280. The van der Waals surface area contributed by atoms with Crippen molar-refractivity contribution in [3.05, 3.63) is 24.2 Å². The van der Waals surface area contributed by atoms with Gasteiger partial charge in [0.1, 0.15) is 5.82 Å². The smallest absolute Gasteiger partial charge is 0.107 e. The van der Waals surface area contributed by atoms with E-state index in [9.17, 15) is 0 Å². The summed E-state index contributed by atoms with van der Waals surface area (Å²) in [6.45, 7) is 16.5. The highest BCUT2D eigenvalue weighted by Crippen LogP contribution is 2.26. The predicted molar refractivity (Wildman–Crippen MR) is 97.2 cm³/mol. The molecule has 1 rings (SSSR count). The molecule has 134 valence electrons. The maximum atomic E-state index is 5.61. The van der Waals surface area contributed by atoms with Crippen molar-refractivity contribution < 1.29 is 9.47 Å². The number of methoxy groups -OCH3 is 1. The van der Waals surface area contributed by atoms with E-state index in [2.05, 4.69) is 44.1 Å². The fourth-order valence-corrected chi connectivity index (χ4v) is 3.43. The Labute approximate surface area is 143 Å². The maximum Gasteiger partial charge on any atom is 0.107 e. The summed E-state index contributed by atoms with van der Waals surface area (Å²) < 4.78 is 11.2. The summed E-state index contributed by atoms with van der Waals surface area (Å²) in [5.41, 5.74) is 1.38. The van der Waals surface area contributed by atoms with Gasteiger partial charge in [-0.1, -0.05) is 13.5 Å². The molecule has 1 saturated heterocycles. The number of ether oxygens (including phenoxy) is 2. The second-order valence-electron chi connectivity index (χ2n) is 6.17. The maximum absolute atomic E-state index is 5.61. The van der Waals surface area contributed by atoms with Gasteiger partial charge >= 0.3 is 0 Å². The molecule has 1 atom stereocenters. The van der Waals surface area contributed by atoms with Crippen LogP contribution in [0.25, 0.3) is 0 Å². The molecule has 0 aromatic carbocycles. The van der Waals surface area contributed by atoms with E-state index in [0.717, 1.165) is 52.0 Å². The fourth-order valence-electron chi connectivity index (χ4n) is 3.43. The quantitative estimate of drug-likeness (QED) is 0.606. The Balaban J connectivity index is 3.11. The number of rotatable bonds is 10. The average molecular weight is 325 g/mol. The lowest BCUT2D eigenvalue weighted by Gasteiger charge is -2.41. The van der Waals surface area contributed by atoms with Gasteiger partial charge in [0.25, 0.3) is 0 Å². The van der Waals surface area contributed by atoms with E-state index < -0.39 is 0 Å². The Morgan fingerprint density at radius 3 is 2.35 bits per heavy atom. The average Bonchev–Trinajstić information content (AvgIpc) is 2.60. The van der Waals surface area contributed by atoms with E-state index in [-0.39, 0.29) is 6.10 Å². The van der Waals surface area contributed by atoms with Gasteiger partial charge in [-0.15, -0.1) is 0 Å². The predicted octanol–water partition coefficient (Wildman–Crippen LogP) is 4.00. The van der Waals surface area contributed by atoms with Crippen molar-refractivity contribution in [1.82, 2.24) is 9.80 Å². The van der Waals surface area contributed by atoms with Gasteiger partial charge in [0.05, 0.1) is 6.10 Å². The summed E-state index contributed by atoms with van der Waals surface area (Å²) in [6.07, 6.45) is 6.43. The number of hydrogen-bond donors (Lipinski definition) is 0. The molecule has 0 bridgehead atoms. The topological polar surface area (TPSA) is 24.9 Å². The van der Waals surface area contributed by atoms with Gasteiger partial charge in [-0.25, -0.2) is 0 Å². The molecular formula is C19H36N2O2. The SMILES string of the molecule is C=CN(CC)/C(=C(/C)CC(CC)OC)N(CC)C1CCOCC1. The van der Waals surface area contributed by atoms with Crippen LogP contribution in [-0.2, 0) is 9.47 Å². The van der Waals surface area contributed by atoms with Crippen LogP contribution in [0.4, 0.5) is 0 Å². The summed E-state index contributed by atoms with van der Waals surface area (Å²) in [5, 5.41) is 0. The Morgan fingerprint density at radius 2 is 1.91 bits per heavy atom. The molecule has 1 aliphatic heterocycles. The van der Waals surface area contributed by atoms with Crippen LogP contribution in [0.5, 0.6) is 0 Å². The summed E-state index contributed by atoms with van der Waals surface area (Å²) >= 11 is 0. The van der Waals surface area contributed by atoms with E-state index in [1.165, 1.54) is 11.4 Å². The van der Waals surface area contributed by atoms with Crippen LogP contribution < -0.4 is 0 Å². The third kappa shape index (κ3) is 5.54. The molecule has 0 aromatic heterocycles. The van der Waals surface area contributed by atoms with Crippen LogP contribution in [0.1, 0.15) is 53.4 Å². The molecule has 0 N–H and O–H groups in total. The molecule has 4 heteroatoms. The first-order valence-electron chi connectivity index (χ1n) is 9.08. The highest BCUT2D eigenvalue weighted by molar-refractivity contribution is 5.15. The largest absolute Gasteiger partial charge is 0.381 e. The zero-order valence-corrected chi connectivity index (χ0v) is 15.8. The Hall–Kier alpha value is -1.00. The molecule has 0 spiro atoms. The van der Waals surface area contributed by atoms with Crippen LogP contribution in [-0.4, -0.2) is 55.4 Å². The van der Waals surface area contributed by atoms with E-state index in [1.807, 2.05) is 13.3 Å². The number of nitrogens with zero attached hydrogens (tertiary/aromatic N) is 2. The summed E-state index contributed by atoms with van der Waals surface area (Å²) in [6, 6.07) is 0.551. The molecule has 0 aromatic rings. The van der Waals surface area contributed by atoms with Crippen LogP contribution in [0.2, 0.25) is 0 Å². The molecule has 0 amide bonds. The summed E-state index contributed by atoms with van der Waals surface area (Å²) in [5.74, 6) is 1.31. The van der Waals surface area contributed by atoms with Gasteiger partial charge in [0, 0.05) is 39.5 Å². The second kappa shape index (κ2) is 10.7. The molecule has 0 aliphatic carbocycles.